The molecule has 24 heavy (non-hydrogen) atoms. The van der Waals surface area contributed by atoms with Crippen LogP contribution >= 0.6 is 12.4 Å². The van der Waals surface area contributed by atoms with Crippen molar-refractivity contribution >= 4 is 35.6 Å². The van der Waals surface area contributed by atoms with Gasteiger partial charge < -0.3 is 16.4 Å². The highest BCUT2D eigenvalue weighted by molar-refractivity contribution is 5.96. The highest BCUT2D eigenvalue weighted by Gasteiger charge is 2.33. The molecule has 2 amide bonds. The minimum absolute atomic E-state index is 0. The zero-order chi connectivity index (χ0) is 16.3. The van der Waals surface area contributed by atoms with Crippen molar-refractivity contribution in [3.63, 3.8) is 0 Å². The van der Waals surface area contributed by atoms with E-state index in [2.05, 4.69) is 10.6 Å². The minimum Gasteiger partial charge on any atom is -0.330 e. The fourth-order valence-corrected chi connectivity index (χ4v) is 3.75. The van der Waals surface area contributed by atoms with E-state index in [9.17, 15) is 9.59 Å². The van der Waals surface area contributed by atoms with E-state index in [1.54, 1.807) is 0 Å². The normalized spacial score (nSPS) is 18.8. The number of halogens is 1. The zero-order valence-electron chi connectivity index (χ0n) is 13.9. The molecule has 1 heterocycles. The molecule has 132 valence electrons. The molecule has 3 rings (SSSR count). The molecule has 0 spiro atoms. The molecule has 1 aliphatic carbocycles. The van der Waals surface area contributed by atoms with Crippen LogP contribution in [0.4, 0.5) is 11.4 Å². The van der Waals surface area contributed by atoms with Crippen molar-refractivity contribution in [1.82, 2.24) is 0 Å². The Morgan fingerprint density at radius 1 is 1.21 bits per heavy atom. The van der Waals surface area contributed by atoms with Crippen LogP contribution in [0.2, 0.25) is 0 Å². The van der Waals surface area contributed by atoms with Crippen LogP contribution in [-0.2, 0) is 16.0 Å². The summed E-state index contributed by atoms with van der Waals surface area (Å²) in [5, 5.41) is 5.83. The first kappa shape index (κ1) is 18.7. The maximum atomic E-state index is 12.4. The van der Waals surface area contributed by atoms with Crippen molar-refractivity contribution in [2.45, 2.75) is 51.4 Å². The molecule has 1 aromatic carbocycles. The number of anilines is 2. The number of nitrogens with two attached hydrogens (primary N) is 1. The molecule has 0 saturated heterocycles. The number of benzene rings is 1. The summed E-state index contributed by atoms with van der Waals surface area (Å²) in [5.74, 6) is 0.0460. The molecular formula is C18H26ClN3O2. The lowest BCUT2D eigenvalue weighted by molar-refractivity contribution is -0.119. The smallest absolute Gasteiger partial charge is 0.224 e. The SMILES string of the molecule is Cl.NCC1(CC(=O)Nc2ccc3c(c2)NC(=O)CC3)CCCCC1. The fourth-order valence-electron chi connectivity index (χ4n) is 3.75. The van der Waals surface area contributed by atoms with E-state index in [0.29, 0.717) is 19.4 Å². The summed E-state index contributed by atoms with van der Waals surface area (Å²) in [7, 11) is 0. The summed E-state index contributed by atoms with van der Waals surface area (Å²) in [6, 6.07) is 5.73. The molecule has 0 bridgehead atoms. The van der Waals surface area contributed by atoms with Crippen molar-refractivity contribution in [3.8, 4) is 0 Å². The minimum atomic E-state index is -0.0369. The van der Waals surface area contributed by atoms with E-state index < -0.39 is 0 Å². The van der Waals surface area contributed by atoms with Crippen molar-refractivity contribution in [2.75, 3.05) is 17.2 Å². The summed E-state index contributed by atoms with van der Waals surface area (Å²) < 4.78 is 0. The maximum Gasteiger partial charge on any atom is 0.224 e. The van der Waals surface area contributed by atoms with Gasteiger partial charge in [-0.1, -0.05) is 25.3 Å². The quantitative estimate of drug-likeness (QED) is 0.778. The Labute approximate surface area is 149 Å². The summed E-state index contributed by atoms with van der Waals surface area (Å²) >= 11 is 0. The van der Waals surface area contributed by atoms with Gasteiger partial charge in [-0.15, -0.1) is 12.4 Å². The molecule has 0 aromatic heterocycles. The van der Waals surface area contributed by atoms with E-state index in [4.69, 9.17) is 5.73 Å². The predicted molar refractivity (Wildman–Crippen MR) is 98.5 cm³/mol. The molecule has 2 aliphatic rings. The summed E-state index contributed by atoms with van der Waals surface area (Å²) in [6.07, 6.45) is 7.41. The first-order valence-electron chi connectivity index (χ1n) is 8.53. The largest absolute Gasteiger partial charge is 0.330 e. The van der Waals surface area contributed by atoms with Crippen LogP contribution in [0.5, 0.6) is 0 Å². The number of nitrogens with one attached hydrogen (secondary N) is 2. The number of hydrogen-bond donors (Lipinski definition) is 3. The molecule has 0 radical (unpaired) electrons. The number of amides is 2. The number of carbonyl (C=O) groups is 2. The highest BCUT2D eigenvalue weighted by Crippen LogP contribution is 2.38. The van der Waals surface area contributed by atoms with Gasteiger partial charge in [-0.05, 0) is 48.9 Å². The topological polar surface area (TPSA) is 84.2 Å². The van der Waals surface area contributed by atoms with Gasteiger partial charge in [-0.3, -0.25) is 9.59 Å². The molecule has 4 N–H and O–H groups in total. The van der Waals surface area contributed by atoms with Gasteiger partial charge in [0.25, 0.3) is 0 Å². The second-order valence-electron chi connectivity index (χ2n) is 6.91. The molecule has 0 unspecified atom stereocenters. The average molecular weight is 352 g/mol. The zero-order valence-corrected chi connectivity index (χ0v) is 14.7. The lowest BCUT2D eigenvalue weighted by Crippen LogP contribution is -2.36. The molecule has 1 aromatic rings. The van der Waals surface area contributed by atoms with E-state index in [0.717, 1.165) is 49.0 Å². The van der Waals surface area contributed by atoms with Crippen molar-refractivity contribution in [1.29, 1.82) is 0 Å². The van der Waals surface area contributed by atoms with Gasteiger partial charge in [0.1, 0.15) is 0 Å². The van der Waals surface area contributed by atoms with Gasteiger partial charge in [-0.2, -0.15) is 0 Å². The molecule has 1 fully saturated rings. The number of rotatable bonds is 4. The summed E-state index contributed by atoms with van der Waals surface area (Å²) in [5.41, 5.74) is 8.59. The number of fused-ring (bicyclic) bond motifs is 1. The third-order valence-corrected chi connectivity index (χ3v) is 5.17. The van der Waals surface area contributed by atoms with Gasteiger partial charge in [0.2, 0.25) is 11.8 Å². The molecular weight excluding hydrogens is 326 g/mol. The fraction of sp³-hybridized carbons (Fsp3) is 0.556. The van der Waals surface area contributed by atoms with Crippen LogP contribution in [0.1, 0.15) is 50.5 Å². The first-order valence-corrected chi connectivity index (χ1v) is 8.53. The van der Waals surface area contributed by atoms with Crippen LogP contribution in [0.25, 0.3) is 0 Å². The molecule has 5 nitrogen and oxygen atoms in total. The standard InChI is InChI=1S/C18H25N3O2.ClH/c19-12-18(8-2-1-3-9-18)11-17(23)20-14-6-4-13-5-7-16(22)21-15(13)10-14;/h4,6,10H,1-3,5,7-9,11-12,19H2,(H,20,23)(H,21,22);1H. The number of carbonyl (C=O) groups excluding carboxylic acids is 2. The van der Waals surface area contributed by atoms with Crippen molar-refractivity contribution < 1.29 is 9.59 Å². The molecule has 0 atom stereocenters. The van der Waals surface area contributed by atoms with Gasteiger partial charge >= 0.3 is 0 Å². The Bertz CT molecular complexity index is 612. The molecule has 1 saturated carbocycles. The van der Waals surface area contributed by atoms with Crippen LogP contribution in [0.15, 0.2) is 18.2 Å². The van der Waals surface area contributed by atoms with Gasteiger partial charge in [0, 0.05) is 24.2 Å². The van der Waals surface area contributed by atoms with Crippen molar-refractivity contribution in [3.05, 3.63) is 23.8 Å². The summed E-state index contributed by atoms with van der Waals surface area (Å²) in [6.45, 7) is 0.570. The van der Waals surface area contributed by atoms with Gasteiger partial charge in [-0.25, -0.2) is 0 Å². The second-order valence-corrected chi connectivity index (χ2v) is 6.91. The van der Waals surface area contributed by atoms with Gasteiger partial charge in [0.05, 0.1) is 0 Å². The number of hydrogen-bond acceptors (Lipinski definition) is 3. The van der Waals surface area contributed by atoms with Crippen LogP contribution < -0.4 is 16.4 Å². The highest BCUT2D eigenvalue weighted by atomic mass is 35.5. The van der Waals surface area contributed by atoms with Crippen molar-refractivity contribution in [2.24, 2.45) is 11.1 Å². The molecule has 6 heteroatoms. The summed E-state index contributed by atoms with van der Waals surface area (Å²) in [4.78, 5) is 23.9. The molecule has 1 aliphatic heterocycles. The Morgan fingerprint density at radius 3 is 2.67 bits per heavy atom. The Kier molecular flexibility index (Phi) is 6.24. The average Bonchev–Trinajstić information content (AvgIpc) is 2.55. The van der Waals surface area contributed by atoms with Crippen LogP contribution in [-0.4, -0.2) is 18.4 Å². The second kappa shape index (κ2) is 7.99. The van der Waals surface area contributed by atoms with Gasteiger partial charge in [0.15, 0.2) is 0 Å². The van der Waals surface area contributed by atoms with E-state index in [1.807, 2.05) is 18.2 Å². The number of aryl methyl sites for hydroxylation is 1. The maximum absolute atomic E-state index is 12.4. The third kappa shape index (κ3) is 4.28. The van der Waals surface area contributed by atoms with E-state index in [1.165, 1.54) is 6.42 Å². The predicted octanol–water partition coefficient (Wildman–Crippen LogP) is 3.23. The third-order valence-electron chi connectivity index (χ3n) is 5.17. The Morgan fingerprint density at radius 2 is 1.96 bits per heavy atom. The monoisotopic (exact) mass is 351 g/mol. The van der Waals surface area contributed by atoms with Crippen LogP contribution in [0.3, 0.4) is 0 Å². The first-order chi connectivity index (χ1) is 11.1. The Balaban J connectivity index is 0.00000208. The van der Waals surface area contributed by atoms with E-state index in [-0.39, 0.29) is 29.6 Å². The lowest BCUT2D eigenvalue weighted by atomic mass is 9.71. The lowest BCUT2D eigenvalue weighted by Gasteiger charge is -2.35. The van der Waals surface area contributed by atoms with Crippen LogP contribution in [0, 0.1) is 5.41 Å². The van der Waals surface area contributed by atoms with E-state index >= 15 is 0 Å². The Hall–Kier alpha value is -1.59.